The van der Waals surface area contributed by atoms with Crippen LogP contribution >= 0.6 is 11.3 Å². The molecule has 68 valence electrons. The van der Waals surface area contributed by atoms with Gasteiger partial charge >= 0.3 is 0 Å². The van der Waals surface area contributed by atoms with E-state index in [0.29, 0.717) is 0 Å². The number of nitrogens with zero attached hydrogens (tertiary/aromatic N) is 1. The van der Waals surface area contributed by atoms with Crippen LogP contribution in [0.25, 0.3) is 10.1 Å². The smallest absolute Gasteiger partial charge is 0.268 e. The molecule has 0 aliphatic heterocycles. The highest BCUT2D eigenvalue weighted by atomic mass is 32.1. The van der Waals surface area contributed by atoms with E-state index >= 15 is 0 Å². The van der Waals surface area contributed by atoms with Crippen LogP contribution in [0, 0.1) is 0 Å². The molecule has 13 heavy (non-hydrogen) atoms. The van der Waals surface area contributed by atoms with Crippen LogP contribution < -0.4 is 5.56 Å². The quantitative estimate of drug-likeness (QED) is 0.718. The van der Waals surface area contributed by atoms with E-state index in [9.17, 15) is 4.79 Å². The van der Waals surface area contributed by atoms with E-state index in [1.807, 2.05) is 23.7 Å². The summed E-state index contributed by atoms with van der Waals surface area (Å²) in [5.74, 6) is 0. The molecule has 0 aliphatic carbocycles. The molecule has 0 amide bonds. The van der Waals surface area contributed by atoms with E-state index in [1.54, 1.807) is 4.57 Å². The van der Waals surface area contributed by atoms with Crippen LogP contribution in [0.3, 0.4) is 0 Å². The molecule has 0 aromatic carbocycles. The highest BCUT2D eigenvalue weighted by Crippen LogP contribution is 2.15. The first-order valence-electron chi connectivity index (χ1n) is 4.39. The second-order valence-electron chi connectivity index (χ2n) is 3.02. The van der Waals surface area contributed by atoms with Crippen molar-refractivity contribution in [2.45, 2.75) is 19.9 Å². The average Bonchev–Trinajstić information content (AvgIpc) is 2.58. The Bertz CT molecular complexity index is 469. The van der Waals surface area contributed by atoms with Gasteiger partial charge in [0.15, 0.2) is 0 Å². The van der Waals surface area contributed by atoms with Crippen LogP contribution in [0.15, 0.2) is 28.5 Å². The van der Waals surface area contributed by atoms with Gasteiger partial charge < -0.3 is 4.57 Å². The van der Waals surface area contributed by atoms with E-state index < -0.39 is 0 Å². The Kier molecular flexibility index (Phi) is 2.19. The van der Waals surface area contributed by atoms with Gasteiger partial charge in [0.1, 0.15) is 0 Å². The fourth-order valence-electron chi connectivity index (χ4n) is 1.41. The van der Waals surface area contributed by atoms with E-state index in [0.717, 1.165) is 23.1 Å². The summed E-state index contributed by atoms with van der Waals surface area (Å²) >= 11 is 1.52. The lowest BCUT2D eigenvalue weighted by Gasteiger charge is -2.01. The number of aryl methyl sites for hydroxylation is 1. The molecule has 3 heteroatoms. The second-order valence-corrected chi connectivity index (χ2v) is 3.94. The highest BCUT2D eigenvalue weighted by molar-refractivity contribution is 7.17. The Morgan fingerprint density at radius 3 is 3.08 bits per heavy atom. The number of aromatic nitrogens is 1. The summed E-state index contributed by atoms with van der Waals surface area (Å²) in [6, 6.07) is 3.99. The van der Waals surface area contributed by atoms with Gasteiger partial charge in [-0.25, -0.2) is 0 Å². The SMILES string of the molecule is CCCn1ccc2ccsc2c1=O. The minimum absolute atomic E-state index is 0.148. The summed E-state index contributed by atoms with van der Waals surface area (Å²) in [6.45, 7) is 2.89. The molecule has 0 atom stereocenters. The molecule has 0 saturated carbocycles. The molecule has 0 aliphatic rings. The Labute approximate surface area is 80.4 Å². The van der Waals surface area contributed by atoms with Crippen molar-refractivity contribution in [3.8, 4) is 0 Å². The predicted molar refractivity (Wildman–Crippen MR) is 56.4 cm³/mol. The summed E-state index contributed by atoms with van der Waals surface area (Å²) in [7, 11) is 0. The first-order chi connectivity index (χ1) is 6.33. The maximum Gasteiger partial charge on any atom is 0.268 e. The molecule has 0 unspecified atom stereocenters. The molecule has 0 fully saturated rings. The molecule has 0 N–H and O–H groups in total. The molecule has 0 bridgehead atoms. The standard InChI is InChI=1S/C10H11NOS/c1-2-5-11-6-3-8-4-7-13-9(8)10(11)12/h3-4,6-7H,2,5H2,1H3. The maximum atomic E-state index is 11.8. The van der Waals surface area contributed by atoms with E-state index in [2.05, 4.69) is 6.92 Å². The molecular formula is C10H11NOS. The van der Waals surface area contributed by atoms with Crippen LogP contribution in [0.5, 0.6) is 0 Å². The molecule has 0 spiro atoms. The van der Waals surface area contributed by atoms with Crippen LogP contribution in [-0.2, 0) is 6.54 Å². The van der Waals surface area contributed by atoms with Crippen molar-refractivity contribution in [3.05, 3.63) is 34.1 Å². The molecule has 2 nitrogen and oxygen atoms in total. The van der Waals surface area contributed by atoms with Crippen molar-refractivity contribution >= 4 is 21.4 Å². The molecule has 2 aromatic heterocycles. The Hall–Kier alpha value is -1.09. The van der Waals surface area contributed by atoms with Gasteiger partial charge in [0.2, 0.25) is 0 Å². The summed E-state index contributed by atoms with van der Waals surface area (Å²) in [5, 5.41) is 3.02. The third-order valence-corrected chi connectivity index (χ3v) is 2.97. The third kappa shape index (κ3) is 1.40. The van der Waals surface area contributed by atoms with Gasteiger partial charge in [0, 0.05) is 12.7 Å². The number of hydrogen-bond donors (Lipinski definition) is 0. The minimum Gasteiger partial charge on any atom is -0.314 e. The Morgan fingerprint density at radius 2 is 2.31 bits per heavy atom. The summed E-state index contributed by atoms with van der Waals surface area (Å²) in [4.78, 5) is 11.8. The third-order valence-electron chi connectivity index (χ3n) is 2.05. The van der Waals surface area contributed by atoms with Crippen LogP contribution in [0.4, 0.5) is 0 Å². The van der Waals surface area contributed by atoms with Gasteiger partial charge in [-0.05, 0) is 29.3 Å². The number of fused-ring (bicyclic) bond motifs is 1. The predicted octanol–water partition coefficient (Wildman–Crippen LogP) is 2.47. The number of thiophene rings is 1. The monoisotopic (exact) mass is 193 g/mol. The normalized spacial score (nSPS) is 10.8. The van der Waals surface area contributed by atoms with Crippen LogP contribution in [-0.4, -0.2) is 4.57 Å². The molecule has 0 saturated heterocycles. The summed E-state index contributed by atoms with van der Waals surface area (Å²) in [6.07, 6.45) is 2.87. The summed E-state index contributed by atoms with van der Waals surface area (Å²) in [5.41, 5.74) is 0.148. The van der Waals surface area contributed by atoms with E-state index in [1.165, 1.54) is 11.3 Å². The molecular weight excluding hydrogens is 182 g/mol. The number of hydrogen-bond acceptors (Lipinski definition) is 2. The maximum absolute atomic E-state index is 11.8. The summed E-state index contributed by atoms with van der Waals surface area (Å²) < 4.78 is 2.65. The lowest BCUT2D eigenvalue weighted by Crippen LogP contribution is -2.17. The first kappa shape index (κ1) is 8.51. The molecule has 2 rings (SSSR count). The van der Waals surface area contributed by atoms with Crippen LogP contribution in [0.2, 0.25) is 0 Å². The zero-order valence-electron chi connectivity index (χ0n) is 7.49. The number of rotatable bonds is 2. The lowest BCUT2D eigenvalue weighted by molar-refractivity contribution is 0.660. The number of pyridine rings is 1. The zero-order valence-corrected chi connectivity index (χ0v) is 8.30. The molecule has 2 heterocycles. The van der Waals surface area contributed by atoms with Crippen molar-refractivity contribution in [3.63, 3.8) is 0 Å². The van der Waals surface area contributed by atoms with E-state index in [4.69, 9.17) is 0 Å². The van der Waals surface area contributed by atoms with Crippen molar-refractivity contribution in [2.75, 3.05) is 0 Å². The minimum atomic E-state index is 0.148. The van der Waals surface area contributed by atoms with Gasteiger partial charge in [-0.3, -0.25) is 4.79 Å². The van der Waals surface area contributed by atoms with Crippen molar-refractivity contribution in [2.24, 2.45) is 0 Å². The van der Waals surface area contributed by atoms with Crippen molar-refractivity contribution in [1.29, 1.82) is 0 Å². The van der Waals surface area contributed by atoms with Gasteiger partial charge in [-0.2, -0.15) is 0 Å². The van der Waals surface area contributed by atoms with Gasteiger partial charge in [-0.1, -0.05) is 6.92 Å². The fourth-order valence-corrected chi connectivity index (χ4v) is 2.25. The zero-order chi connectivity index (χ0) is 9.26. The van der Waals surface area contributed by atoms with Gasteiger partial charge in [-0.15, -0.1) is 11.3 Å². The highest BCUT2D eigenvalue weighted by Gasteiger charge is 2.01. The largest absolute Gasteiger partial charge is 0.314 e. The first-order valence-corrected chi connectivity index (χ1v) is 5.27. The average molecular weight is 193 g/mol. The van der Waals surface area contributed by atoms with Gasteiger partial charge in [0.05, 0.1) is 4.70 Å². The second kappa shape index (κ2) is 3.34. The van der Waals surface area contributed by atoms with Crippen molar-refractivity contribution < 1.29 is 0 Å². The fraction of sp³-hybridized carbons (Fsp3) is 0.300. The van der Waals surface area contributed by atoms with Gasteiger partial charge in [0.25, 0.3) is 5.56 Å². The van der Waals surface area contributed by atoms with Crippen molar-refractivity contribution in [1.82, 2.24) is 4.57 Å². The lowest BCUT2D eigenvalue weighted by atomic mass is 10.3. The molecule has 2 aromatic rings. The topological polar surface area (TPSA) is 22.0 Å². The van der Waals surface area contributed by atoms with Crippen LogP contribution in [0.1, 0.15) is 13.3 Å². The Morgan fingerprint density at radius 1 is 1.46 bits per heavy atom. The van der Waals surface area contributed by atoms with E-state index in [-0.39, 0.29) is 5.56 Å². The molecule has 0 radical (unpaired) electrons. The Balaban J connectivity index is 2.67.